The molecule has 2 aromatic carbocycles. The van der Waals surface area contributed by atoms with Crippen molar-refractivity contribution in [2.45, 2.75) is 32.1 Å². The van der Waals surface area contributed by atoms with Crippen molar-refractivity contribution in [1.82, 2.24) is 5.32 Å². The third-order valence-electron chi connectivity index (χ3n) is 4.26. The summed E-state index contributed by atoms with van der Waals surface area (Å²) < 4.78 is 29.8. The second-order valence-electron chi connectivity index (χ2n) is 6.17. The Kier molecular flexibility index (Phi) is 6.25. The van der Waals surface area contributed by atoms with Gasteiger partial charge in [-0.15, -0.1) is 0 Å². The van der Waals surface area contributed by atoms with Crippen LogP contribution >= 0.6 is 0 Å². The summed E-state index contributed by atoms with van der Waals surface area (Å²) in [5.74, 6) is 1.12. The van der Waals surface area contributed by atoms with Crippen LogP contribution in [0.3, 0.4) is 0 Å². The minimum atomic E-state index is -0.249. The largest absolute Gasteiger partial charge is 0.493 e. The number of hydrogen-bond acceptors (Lipinski definition) is 4. The van der Waals surface area contributed by atoms with Crippen LogP contribution in [-0.4, -0.2) is 26.4 Å². The molecule has 0 aliphatic carbocycles. The van der Waals surface area contributed by atoms with E-state index in [1.54, 1.807) is 19.2 Å². The van der Waals surface area contributed by atoms with Gasteiger partial charge in [0.1, 0.15) is 12.4 Å². The maximum absolute atomic E-state index is 12.9. The first-order chi connectivity index (χ1) is 12.2. The Balaban J connectivity index is 1.54. The Hall–Kier alpha value is -2.11. The molecule has 1 N–H and O–H groups in total. The van der Waals surface area contributed by atoms with Crippen LogP contribution in [0.1, 0.15) is 24.0 Å². The average molecular weight is 345 g/mol. The Morgan fingerprint density at radius 3 is 2.64 bits per heavy atom. The normalized spacial score (nSPS) is 16.8. The van der Waals surface area contributed by atoms with E-state index in [0.717, 1.165) is 43.7 Å². The van der Waals surface area contributed by atoms with E-state index in [9.17, 15) is 4.39 Å². The maximum atomic E-state index is 12.9. The maximum Gasteiger partial charge on any atom is 0.161 e. The predicted molar refractivity (Wildman–Crippen MR) is 94.4 cm³/mol. The van der Waals surface area contributed by atoms with Gasteiger partial charge in [0.25, 0.3) is 0 Å². The highest BCUT2D eigenvalue weighted by molar-refractivity contribution is 5.43. The molecule has 0 spiro atoms. The van der Waals surface area contributed by atoms with Crippen molar-refractivity contribution in [2.75, 3.05) is 20.3 Å². The van der Waals surface area contributed by atoms with E-state index in [2.05, 4.69) is 5.32 Å². The van der Waals surface area contributed by atoms with Crippen molar-refractivity contribution in [2.24, 2.45) is 0 Å². The Morgan fingerprint density at radius 2 is 1.92 bits per heavy atom. The van der Waals surface area contributed by atoms with Gasteiger partial charge in [-0.05, 0) is 48.2 Å². The Morgan fingerprint density at radius 1 is 1.12 bits per heavy atom. The van der Waals surface area contributed by atoms with Crippen LogP contribution in [-0.2, 0) is 17.9 Å². The SMILES string of the molecule is COc1cc(CNC[C@H]2CCCO2)ccc1OCc1ccc(F)cc1. The summed E-state index contributed by atoms with van der Waals surface area (Å²) in [5, 5.41) is 3.42. The van der Waals surface area contributed by atoms with Gasteiger partial charge >= 0.3 is 0 Å². The van der Waals surface area contributed by atoms with Crippen molar-refractivity contribution in [1.29, 1.82) is 0 Å². The summed E-state index contributed by atoms with van der Waals surface area (Å²) in [6.45, 7) is 2.87. The van der Waals surface area contributed by atoms with Crippen LogP contribution in [0.5, 0.6) is 11.5 Å². The molecule has 1 heterocycles. The summed E-state index contributed by atoms with van der Waals surface area (Å²) in [6, 6.07) is 12.2. The molecule has 0 aromatic heterocycles. The molecule has 4 nitrogen and oxygen atoms in total. The lowest BCUT2D eigenvalue weighted by Crippen LogP contribution is -2.25. The van der Waals surface area contributed by atoms with Crippen LogP contribution in [0.25, 0.3) is 0 Å². The van der Waals surface area contributed by atoms with Gasteiger partial charge in [0, 0.05) is 19.7 Å². The van der Waals surface area contributed by atoms with Gasteiger partial charge in [0.05, 0.1) is 13.2 Å². The molecular weight excluding hydrogens is 321 g/mol. The highest BCUT2D eigenvalue weighted by Gasteiger charge is 2.14. The van der Waals surface area contributed by atoms with E-state index in [0.29, 0.717) is 24.2 Å². The zero-order valence-electron chi connectivity index (χ0n) is 14.5. The summed E-state index contributed by atoms with van der Waals surface area (Å²) in [4.78, 5) is 0. The molecule has 5 heteroatoms. The van der Waals surface area contributed by atoms with Crippen LogP contribution in [0.2, 0.25) is 0 Å². The number of nitrogens with one attached hydrogen (secondary N) is 1. The van der Waals surface area contributed by atoms with Gasteiger partial charge in [0.15, 0.2) is 11.5 Å². The first-order valence-electron chi connectivity index (χ1n) is 8.61. The number of ether oxygens (including phenoxy) is 3. The molecule has 1 aliphatic heterocycles. The molecule has 1 aliphatic rings. The van der Waals surface area contributed by atoms with E-state index < -0.39 is 0 Å². The molecule has 0 bridgehead atoms. The molecule has 2 aromatic rings. The molecule has 0 amide bonds. The molecule has 25 heavy (non-hydrogen) atoms. The van der Waals surface area contributed by atoms with Crippen molar-refractivity contribution in [3.8, 4) is 11.5 Å². The third kappa shape index (κ3) is 5.18. The van der Waals surface area contributed by atoms with Crippen molar-refractivity contribution >= 4 is 0 Å². The number of halogens is 1. The first kappa shape index (κ1) is 17.7. The average Bonchev–Trinajstić information content (AvgIpc) is 3.15. The second-order valence-corrected chi connectivity index (χ2v) is 6.17. The van der Waals surface area contributed by atoms with Gasteiger partial charge in [-0.25, -0.2) is 4.39 Å². The number of benzene rings is 2. The molecule has 3 rings (SSSR count). The van der Waals surface area contributed by atoms with Gasteiger partial charge in [-0.1, -0.05) is 18.2 Å². The monoisotopic (exact) mass is 345 g/mol. The third-order valence-corrected chi connectivity index (χ3v) is 4.26. The van der Waals surface area contributed by atoms with Gasteiger partial charge in [0.2, 0.25) is 0 Å². The lowest BCUT2D eigenvalue weighted by atomic mass is 10.2. The minimum absolute atomic E-state index is 0.249. The predicted octanol–water partition coefficient (Wildman–Crippen LogP) is 3.68. The van der Waals surface area contributed by atoms with Gasteiger partial charge in [-0.2, -0.15) is 0 Å². The molecule has 0 unspecified atom stereocenters. The Labute approximate surface area is 147 Å². The molecule has 0 radical (unpaired) electrons. The van der Waals surface area contributed by atoms with Crippen molar-refractivity contribution in [3.63, 3.8) is 0 Å². The highest BCUT2D eigenvalue weighted by Crippen LogP contribution is 2.29. The molecule has 0 saturated carbocycles. The van der Waals surface area contributed by atoms with Crippen molar-refractivity contribution < 1.29 is 18.6 Å². The number of hydrogen-bond donors (Lipinski definition) is 1. The standard InChI is InChI=1S/C20H24FNO3/c1-23-20-11-16(12-22-13-18-3-2-10-24-18)6-9-19(20)25-14-15-4-7-17(21)8-5-15/h4-9,11,18,22H,2-3,10,12-14H2,1H3/t18-/m1/s1. The molecule has 1 fully saturated rings. The zero-order valence-corrected chi connectivity index (χ0v) is 14.5. The van der Waals surface area contributed by atoms with Crippen LogP contribution < -0.4 is 14.8 Å². The number of methoxy groups -OCH3 is 1. The highest BCUT2D eigenvalue weighted by atomic mass is 19.1. The van der Waals surface area contributed by atoms with E-state index >= 15 is 0 Å². The van der Waals surface area contributed by atoms with Crippen molar-refractivity contribution in [3.05, 3.63) is 59.4 Å². The van der Waals surface area contributed by atoms with Crippen LogP contribution in [0, 0.1) is 5.82 Å². The summed E-state index contributed by atoms with van der Waals surface area (Å²) in [6.07, 6.45) is 2.62. The second kappa shape index (κ2) is 8.83. The van der Waals surface area contributed by atoms with Gasteiger partial charge < -0.3 is 19.5 Å². The lowest BCUT2D eigenvalue weighted by Gasteiger charge is -2.14. The fraction of sp³-hybridized carbons (Fsp3) is 0.400. The Bertz CT molecular complexity index is 669. The van der Waals surface area contributed by atoms with E-state index in [1.807, 2.05) is 18.2 Å². The quantitative estimate of drug-likeness (QED) is 0.792. The van der Waals surface area contributed by atoms with Crippen LogP contribution in [0.15, 0.2) is 42.5 Å². The van der Waals surface area contributed by atoms with E-state index in [1.165, 1.54) is 12.1 Å². The minimum Gasteiger partial charge on any atom is -0.493 e. The molecule has 1 saturated heterocycles. The summed E-state index contributed by atoms with van der Waals surface area (Å²) >= 11 is 0. The van der Waals surface area contributed by atoms with Crippen LogP contribution in [0.4, 0.5) is 4.39 Å². The fourth-order valence-corrected chi connectivity index (χ4v) is 2.87. The summed E-state index contributed by atoms with van der Waals surface area (Å²) in [5.41, 5.74) is 2.04. The van der Waals surface area contributed by atoms with Gasteiger partial charge in [-0.3, -0.25) is 0 Å². The lowest BCUT2D eigenvalue weighted by molar-refractivity contribution is 0.110. The topological polar surface area (TPSA) is 39.7 Å². The van der Waals surface area contributed by atoms with E-state index in [4.69, 9.17) is 14.2 Å². The molecule has 1 atom stereocenters. The number of rotatable bonds is 8. The summed E-state index contributed by atoms with van der Waals surface area (Å²) in [7, 11) is 1.63. The van der Waals surface area contributed by atoms with E-state index in [-0.39, 0.29) is 5.82 Å². The smallest absolute Gasteiger partial charge is 0.161 e. The molecule has 134 valence electrons. The molecular formula is C20H24FNO3. The zero-order chi connectivity index (χ0) is 17.5. The first-order valence-corrected chi connectivity index (χ1v) is 8.61. The fourth-order valence-electron chi connectivity index (χ4n) is 2.87.